The molecule has 0 aliphatic heterocycles. The molecule has 0 saturated heterocycles. The van der Waals surface area contributed by atoms with Crippen LogP contribution in [-0.2, 0) is 11.2 Å². The van der Waals surface area contributed by atoms with Crippen LogP contribution in [0.3, 0.4) is 0 Å². The summed E-state index contributed by atoms with van der Waals surface area (Å²) in [5.74, 6) is 0.862. The van der Waals surface area contributed by atoms with Crippen molar-refractivity contribution in [1.29, 1.82) is 0 Å². The van der Waals surface area contributed by atoms with E-state index in [1.807, 2.05) is 32.0 Å². The number of ether oxygens (including phenoxy) is 1. The molecule has 7 heteroatoms. The molecule has 2 aromatic rings. The molecule has 0 unspecified atom stereocenters. The summed E-state index contributed by atoms with van der Waals surface area (Å²) in [7, 11) is 0. The van der Waals surface area contributed by atoms with Crippen LogP contribution in [0.25, 0.3) is 0 Å². The van der Waals surface area contributed by atoms with Gasteiger partial charge in [0.25, 0.3) is 0 Å². The lowest BCUT2D eigenvalue weighted by molar-refractivity contribution is -0.136. The first-order valence-electron chi connectivity index (χ1n) is 7.59. The van der Waals surface area contributed by atoms with Crippen LogP contribution in [0.4, 0.5) is 0 Å². The van der Waals surface area contributed by atoms with Gasteiger partial charge in [-0.2, -0.15) is 0 Å². The molecule has 0 atom stereocenters. The van der Waals surface area contributed by atoms with Crippen molar-refractivity contribution in [3.63, 3.8) is 0 Å². The maximum atomic E-state index is 10.7. The average molecular weight is 584 g/mol. The Bertz CT molecular complexity index is 783. The van der Waals surface area contributed by atoms with Crippen LogP contribution in [0.1, 0.15) is 37.3 Å². The number of phenols is 1. The van der Waals surface area contributed by atoms with Crippen LogP contribution < -0.4 is 4.74 Å². The lowest BCUT2D eigenvalue weighted by Gasteiger charge is -2.15. The number of carbonyl (C=O) groups is 1. The van der Waals surface area contributed by atoms with E-state index in [-0.39, 0.29) is 18.1 Å². The molecule has 0 heterocycles. The number of carboxylic acid groups (broad SMARTS) is 1. The molecule has 0 aliphatic carbocycles. The van der Waals surface area contributed by atoms with E-state index in [1.165, 1.54) is 0 Å². The van der Waals surface area contributed by atoms with Crippen LogP contribution in [0.5, 0.6) is 17.2 Å². The summed E-state index contributed by atoms with van der Waals surface area (Å²) in [5.41, 5.74) is 1.73. The maximum Gasteiger partial charge on any atom is 0.303 e. The van der Waals surface area contributed by atoms with Crippen LogP contribution in [0.2, 0.25) is 0 Å². The van der Waals surface area contributed by atoms with Gasteiger partial charge in [0.05, 0.1) is 12.5 Å². The van der Waals surface area contributed by atoms with Crippen molar-refractivity contribution in [1.82, 2.24) is 0 Å². The van der Waals surface area contributed by atoms with Gasteiger partial charge in [-0.1, -0.05) is 13.8 Å². The van der Waals surface area contributed by atoms with Crippen LogP contribution in [-0.4, -0.2) is 16.2 Å². The number of aromatic hydroxyl groups is 1. The Morgan fingerprint density at radius 1 is 1.20 bits per heavy atom. The van der Waals surface area contributed by atoms with E-state index in [0.717, 1.165) is 23.6 Å². The Kier molecular flexibility index (Phi) is 7.16. The van der Waals surface area contributed by atoms with Gasteiger partial charge in [0.15, 0.2) is 5.75 Å². The van der Waals surface area contributed by atoms with Gasteiger partial charge in [0.2, 0.25) is 0 Å². The molecular weight excluding hydrogens is 567 g/mol. The van der Waals surface area contributed by atoms with E-state index in [0.29, 0.717) is 17.9 Å². The Balaban J connectivity index is 2.33. The van der Waals surface area contributed by atoms with Gasteiger partial charge < -0.3 is 14.9 Å². The molecule has 0 fully saturated rings. The zero-order valence-electron chi connectivity index (χ0n) is 13.6. The van der Waals surface area contributed by atoms with Gasteiger partial charge in [0.1, 0.15) is 11.5 Å². The lowest BCUT2D eigenvalue weighted by atomic mass is 10.0. The van der Waals surface area contributed by atoms with E-state index in [2.05, 4.69) is 54.5 Å². The summed E-state index contributed by atoms with van der Waals surface area (Å²) in [6, 6.07) is 7.33. The quantitative estimate of drug-likeness (QED) is 0.383. The van der Waals surface area contributed by atoms with Crippen LogP contribution >= 0.6 is 54.5 Å². The molecule has 0 bridgehead atoms. The first kappa shape index (κ1) is 20.5. The largest absolute Gasteiger partial charge is 0.507 e. The van der Waals surface area contributed by atoms with E-state index in [9.17, 15) is 9.90 Å². The van der Waals surface area contributed by atoms with Gasteiger partial charge in [-0.3, -0.25) is 4.79 Å². The monoisotopic (exact) mass is 582 g/mol. The van der Waals surface area contributed by atoms with Crippen LogP contribution in [0, 0.1) is 3.57 Å². The number of rotatable bonds is 6. The third-order valence-corrected chi connectivity index (χ3v) is 5.59. The summed E-state index contributed by atoms with van der Waals surface area (Å²) in [6.45, 7) is 4.02. The molecule has 2 rings (SSSR count). The molecule has 0 aliphatic rings. The highest BCUT2D eigenvalue weighted by Crippen LogP contribution is 2.41. The zero-order valence-corrected chi connectivity index (χ0v) is 19.0. The topological polar surface area (TPSA) is 66.8 Å². The molecule has 0 amide bonds. The van der Waals surface area contributed by atoms with Crippen LogP contribution in [0.15, 0.2) is 33.2 Å². The standard InChI is InChI=1S/C18H17Br2IO4/c1-9(2)12-7-11(8-15(21)17(12)24)25-18-13(19)5-10(6-14(18)20)3-4-16(22)23/h5-9,24H,3-4H2,1-2H3,(H,22,23). The fourth-order valence-electron chi connectivity index (χ4n) is 2.32. The van der Waals surface area contributed by atoms with Gasteiger partial charge in [-0.15, -0.1) is 0 Å². The summed E-state index contributed by atoms with van der Waals surface area (Å²) in [4.78, 5) is 10.7. The van der Waals surface area contributed by atoms with Crippen molar-refractivity contribution >= 4 is 60.4 Å². The molecular formula is C18H17Br2IO4. The second-order valence-electron chi connectivity index (χ2n) is 5.88. The number of hydrogen-bond acceptors (Lipinski definition) is 3. The van der Waals surface area contributed by atoms with E-state index >= 15 is 0 Å². The molecule has 0 saturated carbocycles. The molecule has 0 radical (unpaired) electrons. The number of aliphatic carboxylic acids is 1. The predicted octanol–water partition coefficient (Wildman–Crippen LogP) is 6.45. The second kappa shape index (κ2) is 8.73. The van der Waals surface area contributed by atoms with Gasteiger partial charge >= 0.3 is 5.97 Å². The highest BCUT2D eigenvalue weighted by atomic mass is 127. The summed E-state index contributed by atoms with van der Waals surface area (Å²) in [5, 5.41) is 19.0. The fraction of sp³-hybridized carbons (Fsp3) is 0.278. The van der Waals surface area contributed by atoms with E-state index in [1.54, 1.807) is 6.07 Å². The highest BCUT2D eigenvalue weighted by molar-refractivity contribution is 14.1. The fourth-order valence-corrected chi connectivity index (χ4v) is 4.38. The molecule has 4 nitrogen and oxygen atoms in total. The van der Waals surface area contributed by atoms with Crippen molar-refractivity contribution in [2.45, 2.75) is 32.6 Å². The zero-order chi connectivity index (χ0) is 18.7. The minimum atomic E-state index is -0.826. The summed E-state index contributed by atoms with van der Waals surface area (Å²) < 4.78 is 8.21. The molecule has 25 heavy (non-hydrogen) atoms. The van der Waals surface area contributed by atoms with Crippen molar-refractivity contribution in [2.24, 2.45) is 0 Å². The van der Waals surface area contributed by atoms with Crippen molar-refractivity contribution in [2.75, 3.05) is 0 Å². The first-order valence-corrected chi connectivity index (χ1v) is 10.3. The Hall–Kier alpha value is -0.800. The minimum absolute atomic E-state index is 0.0764. The molecule has 2 N–H and O–H groups in total. The Labute approximate surface area is 177 Å². The van der Waals surface area contributed by atoms with E-state index in [4.69, 9.17) is 9.84 Å². The molecule has 2 aromatic carbocycles. The number of carboxylic acids is 1. The van der Waals surface area contributed by atoms with Crippen molar-refractivity contribution in [3.05, 3.63) is 47.9 Å². The average Bonchev–Trinajstić information content (AvgIpc) is 2.51. The Morgan fingerprint density at radius 3 is 2.32 bits per heavy atom. The summed E-state index contributed by atoms with van der Waals surface area (Å²) in [6.07, 6.45) is 0.522. The third kappa shape index (κ3) is 5.34. The van der Waals surface area contributed by atoms with Gasteiger partial charge in [0, 0.05) is 12.0 Å². The molecule has 0 spiro atoms. The number of aryl methyl sites for hydroxylation is 1. The number of benzene rings is 2. The number of hydrogen-bond donors (Lipinski definition) is 2. The molecule has 134 valence electrons. The molecule has 0 aromatic heterocycles. The normalized spacial score (nSPS) is 11.0. The summed E-state index contributed by atoms with van der Waals surface area (Å²) >= 11 is 9.06. The van der Waals surface area contributed by atoms with Crippen molar-refractivity contribution in [3.8, 4) is 17.2 Å². The highest BCUT2D eigenvalue weighted by Gasteiger charge is 2.15. The lowest BCUT2D eigenvalue weighted by Crippen LogP contribution is -1.98. The van der Waals surface area contributed by atoms with E-state index < -0.39 is 5.97 Å². The smallest absolute Gasteiger partial charge is 0.303 e. The number of phenolic OH excluding ortho intramolecular Hbond substituents is 1. The third-order valence-electron chi connectivity index (χ3n) is 3.59. The first-order chi connectivity index (χ1) is 11.7. The van der Waals surface area contributed by atoms with Gasteiger partial charge in [-0.05, 0) is 96.6 Å². The number of halogens is 3. The Morgan fingerprint density at radius 2 is 1.80 bits per heavy atom. The predicted molar refractivity (Wildman–Crippen MR) is 113 cm³/mol. The second-order valence-corrected chi connectivity index (χ2v) is 8.75. The minimum Gasteiger partial charge on any atom is -0.507 e. The van der Waals surface area contributed by atoms with Crippen molar-refractivity contribution < 1.29 is 19.7 Å². The SMILES string of the molecule is CC(C)c1cc(Oc2c(Br)cc(CCC(=O)O)cc2Br)cc(I)c1O. The maximum absolute atomic E-state index is 10.7. The van der Waals surface area contributed by atoms with Gasteiger partial charge in [-0.25, -0.2) is 0 Å².